The maximum atomic E-state index is 5.58. The molecule has 2 N–H and O–H groups in total. The Morgan fingerprint density at radius 1 is 1.22 bits per heavy atom. The second kappa shape index (κ2) is 2.95. The Bertz CT molecular complexity index is 172. The van der Waals surface area contributed by atoms with Gasteiger partial charge in [-0.3, -0.25) is 0 Å². The summed E-state index contributed by atoms with van der Waals surface area (Å²) in [6.07, 6.45) is 0. The van der Waals surface area contributed by atoms with E-state index in [1.54, 1.807) is 0 Å². The summed E-state index contributed by atoms with van der Waals surface area (Å²) < 4.78 is 0. The highest BCUT2D eigenvalue weighted by atomic mass is 31.0. The Morgan fingerprint density at radius 3 is 2.11 bits per heavy atom. The molecular formula is C7H10NP. The average Bonchev–Trinajstić information content (AvgIpc) is 1.90. The van der Waals surface area contributed by atoms with E-state index in [0.717, 1.165) is 5.56 Å². The molecule has 0 fully saturated rings. The molecule has 0 aliphatic carbocycles. The molecule has 0 aromatic heterocycles. The summed E-state index contributed by atoms with van der Waals surface area (Å²) >= 11 is 0. The molecule has 1 aromatic carbocycles. The number of benzene rings is 1. The van der Waals surface area contributed by atoms with Crippen molar-refractivity contribution in [2.75, 3.05) is 0 Å². The van der Waals surface area contributed by atoms with Crippen LogP contribution in [-0.4, -0.2) is 0 Å². The minimum absolute atomic E-state index is 0.0752. The number of rotatable bonds is 1. The van der Waals surface area contributed by atoms with Crippen molar-refractivity contribution in [3.8, 4) is 0 Å². The van der Waals surface area contributed by atoms with Crippen molar-refractivity contribution in [2.45, 2.75) is 5.78 Å². The fraction of sp³-hybridized carbons (Fsp3) is 0.143. The van der Waals surface area contributed by atoms with Crippen molar-refractivity contribution in [3.05, 3.63) is 35.9 Å². The summed E-state index contributed by atoms with van der Waals surface area (Å²) in [6.45, 7) is 0. The van der Waals surface area contributed by atoms with Gasteiger partial charge in [-0.25, -0.2) is 0 Å². The molecule has 48 valence electrons. The molecule has 0 saturated carbocycles. The van der Waals surface area contributed by atoms with Gasteiger partial charge in [-0.2, -0.15) is 0 Å². The van der Waals surface area contributed by atoms with Crippen LogP contribution in [0.1, 0.15) is 11.3 Å². The third kappa shape index (κ3) is 1.78. The molecule has 2 atom stereocenters. The van der Waals surface area contributed by atoms with Gasteiger partial charge in [-0.05, 0) is 5.56 Å². The first-order valence-corrected chi connectivity index (χ1v) is 3.53. The van der Waals surface area contributed by atoms with Crippen LogP contribution in [-0.2, 0) is 0 Å². The summed E-state index contributed by atoms with van der Waals surface area (Å²) in [6, 6.07) is 9.98. The molecule has 0 aliphatic heterocycles. The second-order valence-electron chi connectivity index (χ2n) is 1.94. The van der Waals surface area contributed by atoms with Crippen molar-refractivity contribution >= 4 is 9.24 Å². The number of hydrogen-bond donors (Lipinski definition) is 1. The van der Waals surface area contributed by atoms with Crippen molar-refractivity contribution in [2.24, 2.45) is 5.73 Å². The minimum Gasteiger partial charge on any atom is -0.321 e. The monoisotopic (exact) mass is 139 g/mol. The maximum Gasteiger partial charge on any atom is 0.0438 e. The lowest BCUT2D eigenvalue weighted by molar-refractivity contribution is 1.04. The highest BCUT2D eigenvalue weighted by Crippen LogP contribution is 2.14. The molecule has 2 heteroatoms. The van der Waals surface area contributed by atoms with Gasteiger partial charge in [0.2, 0.25) is 0 Å². The standard InChI is InChI=1S/C7H10NP/c8-7(9)6-4-2-1-3-5-6/h1-5,7H,8-9H2. The molecule has 1 nitrogen and oxygen atoms in total. The van der Waals surface area contributed by atoms with E-state index < -0.39 is 0 Å². The van der Waals surface area contributed by atoms with Gasteiger partial charge in [-0.1, -0.05) is 30.3 Å². The van der Waals surface area contributed by atoms with Crippen LogP contribution < -0.4 is 5.73 Å². The molecule has 0 amide bonds. The summed E-state index contributed by atoms with van der Waals surface area (Å²) in [5.41, 5.74) is 6.73. The molecule has 0 spiro atoms. The maximum absolute atomic E-state index is 5.58. The molecular weight excluding hydrogens is 129 g/mol. The predicted molar refractivity (Wildman–Crippen MR) is 43.1 cm³/mol. The van der Waals surface area contributed by atoms with Crippen molar-refractivity contribution in [1.29, 1.82) is 0 Å². The van der Waals surface area contributed by atoms with E-state index in [0.29, 0.717) is 0 Å². The first-order valence-electron chi connectivity index (χ1n) is 2.87. The van der Waals surface area contributed by atoms with Crippen LogP contribution in [0.4, 0.5) is 0 Å². The lowest BCUT2D eigenvalue weighted by Gasteiger charge is -2.01. The zero-order valence-electron chi connectivity index (χ0n) is 5.12. The highest BCUT2D eigenvalue weighted by Gasteiger charge is 1.93. The summed E-state index contributed by atoms with van der Waals surface area (Å²) in [4.78, 5) is 0. The van der Waals surface area contributed by atoms with Gasteiger partial charge in [0.05, 0.1) is 0 Å². The smallest absolute Gasteiger partial charge is 0.0438 e. The van der Waals surface area contributed by atoms with Gasteiger partial charge in [-0.15, -0.1) is 9.24 Å². The Labute approximate surface area is 57.5 Å². The Morgan fingerprint density at radius 2 is 1.78 bits per heavy atom. The first kappa shape index (κ1) is 6.73. The molecule has 0 heterocycles. The van der Waals surface area contributed by atoms with E-state index in [2.05, 4.69) is 9.24 Å². The van der Waals surface area contributed by atoms with Gasteiger partial charge >= 0.3 is 0 Å². The van der Waals surface area contributed by atoms with E-state index in [-0.39, 0.29) is 5.78 Å². The largest absolute Gasteiger partial charge is 0.321 e. The topological polar surface area (TPSA) is 26.0 Å². The van der Waals surface area contributed by atoms with Crippen LogP contribution >= 0.6 is 9.24 Å². The lowest BCUT2D eigenvalue weighted by Crippen LogP contribution is -1.99. The molecule has 1 rings (SSSR count). The third-order valence-corrected chi connectivity index (χ3v) is 1.57. The highest BCUT2D eigenvalue weighted by molar-refractivity contribution is 7.17. The number of nitrogens with two attached hydrogens (primary N) is 1. The molecule has 0 saturated heterocycles. The normalized spacial score (nSPS) is 13.1. The van der Waals surface area contributed by atoms with Gasteiger partial charge in [0, 0.05) is 5.78 Å². The van der Waals surface area contributed by atoms with Gasteiger partial charge in [0.1, 0.15) is 0 Å². The van der Waals surface area contributed by atoms with Crippen molar-refractivity contribution in [1.82, 2.24) is 0 Å². The molecule has 0 bridgehead atoms. The summed E-state index contributed by atoms with van der Waals surface area (Å²) in [5, 5.41) is 0. The fourth-order valence-corrected chi connectivity index (χ4v) is 0.897. The quantitative estimate of drug-likeness (QED) is 0.586. The Hall–Kier alpha value is -0.390. The zero-order chi connectivity index (χ0) is 6.69. The van der Waals surface area contributed by atoms with Gasteiger partial charge < -0.3 is 5.73 Å². The summed E-state index contributed by atoms with van der Waals surface area (Å²) in [5.74, 6) is 0.0752. The van der Waals surface area contributed by atoms with Crippen LogP contribution in [0.5, 0.6) is 0 Å². The first-order chi connectivity index (χ1) is 4.30. The molecule has 0 radical (unpaired) electrons. The number of hydrogen-bond acceptors (Lipinski definition) is 1. The van der Waals surface area contributed by atoms with Gasteiger partial charge in [0.15, 0.2) is 0 Å². The second-order valence-corrected chi connectivity index (χ2v) is 2.65. The zero-order valence-corrected chi connectivity index (χ0v) is 6.27. The van der Waals surface area contributed by atoms with Crippen LogP contribution in [0.3, 0.4) is 0 Å². The average molecular weight is 139 g/mol. The molecule has 9 heavy (non-hydrogen) atoms. The van der Waals surface area contributed by atoms with E-state index in [9.17, 15) is 0 Å². The van der Waals surface area contributed by atoms with Crippen LogP contribution in [0.2, 0.25) is 0 Å². The van der Waals surface area contributed by atoms with E-state index in [4.69, 9.17) is 5.73 Å². The summed E-state index contributed by atoms with van der Waals surface area (Å²) in [7, 11) is 2.55. The van der Waals surface area contributed by atoms with E-state index in [1.165, 1.54) is 0 Å². The third-order valence-electron chi connectivity index (χ3n) is 1.18. The predicted octanol–water partition coefficient (Wildman–Crippen LogP) is 1.52. The van der Waals surface area contributed by atoms with E-state index in [1.807, 2.05) is 30.3 Å². The van der Waals surface area contributed by atoms with E-state index >= 15 is 0 Å². The fourth-order valence-electron chi connectivity index (χ4n) is 0.675. The van der Waals surface area contributed by atoms with Crippen LogP contribution in [0.25, 0.3) is 0 Å². The molecule has 2 unspecified atom stereocenters. The van der Waals surface area contributed by atoms with Gasteiger partial charge in [0.25, 0.3) is 0 Å². The minimum atomic E-state index is 0.0752. The van der Waals surface area contributed by atoms with Crippen LogP contribution in [0, 0.1) is 0 Å². The van der Waals surface area contributed by atoms with Crippen molar-refractivity contribution < 1.29 is 0 Å². The Kier molecular flexibility index (Phi) is 2.21. The van der Waals surface area contributed by atoms with Crippen molar-refractivity contribution in [3.63, 3.8) is 0 Å². The lowest BCUT2D eigenvalue weighted by atomic mass is 10.2. The molecule has 1 aromatic rings. The Balaban J connectivity index is 2.85. The SMILES string of the molecule is NC(P)c1ccccc1. The molecule has 0 aliphatic rings. The van der Waals surface area contributed by atoms with Crippen LogP contribution in [0.15, 0.2) is 30.3 Å².